The zero-order valence-corrected chi connectivity index (χ0v) is 17.9. The predicted molar refractivity (Wildman–Crippen MR) is 114 cm³/mol. The highest BCUT2D eigenvalue weighted by atomic mass is 16.5. The number of ketones is 1. The molecule has 7 heteroatoms. The van der Waals surface area contributed by atoms with Gasteiger partial charge in [0.05, 0.1) is 6.04 Å². The van der Waals surface area contributed by atoms with Gasteiger partial charge in [0.25, 0.3) is 0 Å². The minimum Gasteiger partial charge on any atom is -0.445 e. The van der Waals surface area contributed by atoms with Gasteiger partial charge in [-0.3, -0.25) is 9.59 Å². The van der Waals surface area contributed by atoms with E-state index in [2.05, 4.69) is 10.6 Å². The first-order valence-electron chi connectivity index (χ1n) is 10.8. The summed E-state index contributed by atoms with van der Waals surface area (Å²) in [6, 6.07) is 8.56. The molecule has 166 valence electrons. The molecule has 2 rings (SSSR count). The lowest BCUT2D eigenvalue weighted by atomic mass is 9.85. The van der Waals surface area contributed by atoms with E-state index in [-0.39, 0.29) is 24.7 Å². The average Bonchev–Trinajstić information content (AvgIpc) is 2.73. The van der Waals surface area contributed by atoms with Gasteiger partial charge in [0.2, 0.25) is 5.91 Å². The number of hydrogen-bond acceptors (Lipinski definition) is 5. The number of Topliss-reactive ketones (excluding diaryl/α,β-unsaturated/α-hetero) is 1. The van der Waals surface area contributed by atoms with Crippen LogP contribution in [0.5, 0.6) is 0 Å². The van der Waals surface area contributed by atoms with Crippen LogP contribution >= 0.6 is 0 Å². The number of rotatable bonds is 7. The molecular weight excluding hydrogens is 384 g/mol. The molecule has 1 aliphatic rings. The summed E-state index contributed by atoms with van der Waals surface area (Å²) >= 11 is 0. The lowest BCUT2D eigenvalue weighted by Crippen LogP contribution is -2.47. The molecule has 0 saturated carbocycles. The van der Waals surface area contributed by atoms with Crippen molar-refractivity contribution in [2.45, 2.75) is 71.1 Å². The highest BCUT2D eigenvalue weighted by molar-refractivity contribution is 5.89. The summed E-state index contributed by atoms with van der Waals surface area (Å²) in [5, 5.41) is 15.8. The fourth-order valence-electron chi connectivity index (χ4n) is 3.68. The van der Waals surface area contributed by atoms with E-state index in [4.69, 9.17) is 4.74 Å². The van der Waals surface area contributed by atoms with Crippen molar-refractivity contribution in [3.8, 4) is 0 Å². The van der Waals surface area contributed by atoms with Crippen molar-refractivity contribution in [1.29, 1.82) is 0 Å². The Hall–Kier alpha value is -2.41. The van der Waals surface area contributed by atoms with E-state index >= 15 is 0 Å². The number of ether oxygens (including phenoxy) is 1. The van der Waals surface area contributed by atoms with Crippen LogP contribution in [0, 0.1) is 11.8 Å². The number of aliphatic hydroxyl groups is 1. The van der Waals surface area contributed by atoms with Crippen molar-refractivity contribution in [1.82, 2.24) is 10.6 Å². The second-order valence-electron chi connectivity index (χ2n) is 8.30. The molecule has 1 unspecified atom stereocenters. The van der Waals surface area contributed by atoms with Crippen LogP contribution in [0.25, 0.3) is 0 Å². The van der Waals surface area contributed by atoms with Crippen LogP contribution in [0.15, 0.2) is 30.3 Å². The van der Waals surface area contributed by atoms with Crippen molar-refractivity contribution in [2.24, 2.45) is 11.8 Å². The second-order valence-corrected chi connectivity index (χ2v) is 8.30. The lowest BCUT2D eigenvalue weighted by Gasteiger charge is -2.26. The topological polar surface area (TPSA) is 105 Å². The molecule has 1 aromatic rings. The molecule has 30 heavy (non-hydrogen) atoms. The molecule has 0 bridgehead atoms. The van der Waals surface area contributed by atoms with E-state index in [1.807, 2.05) is 44.2 Å². The van der Waals surface area contributed by atoms with E-state index in [0.717, 1.165) is 31.2 Å². The summed E-state index contributed by atoms with van der Waals surface area (Å²) in [5.74, 6) is -1.23. The standard InChI is InChI=1S/C23H34N2O5/c1-16(2)20(25-23(29)30-15-17-10-6-5-7-11-17)19(26)14-18-12-8-3-4-9-13-24-22(28)21(18)27/h5-7,10-11,16,18,20-21,27H,3-4,8-9,12-15H2,1-2H3,(H,24,28)(H,25,29)/t18-,20+,21?/m1/s1. The smallest absolute Gasteiger partial charge is 0.408 e. The number of hydrogen-bond donors (Lipinski definition) is 3. The van der Waals surface area contributed by atoms with Crippen molar-refractivity contribution in [3.05, 3.63) is 35.9 Å². The van der Waals surface area contributed by atoms with Gasteiger partial charge in [-0.25, -0.2) is 4.79 Å². The number of carbonyl (C=O) groups is 3. The summed E-state index contributed by atoms with van der Waals surface area (Å²) in [6.45, 7) is 4.35. The molecule has 0 aliphatic carbocycles. The molecule has 1 saturated heterocycles. The number of nitrogens with one attached hydrogen (secondary N) is 2. The van der Waals surface area contributed by atoms with E-state index in [9.17, 15) is 19.5 Å². The molecule has 2 amide bonds. The Labute approximate surface area is 178 Å². The van der Waals surface area contributed by atoms with Gasteiger partial charge in [0.1, 0.15) is 12.7 Å². The fourth-order valence-corrected chi connectivity index (χ4v) is 3.68. The van der Waals surface area contributed by atoms with Gasteiger partial charge in [-0.2, -0.15) is 0 Å². The number of carbonyl (C=O) groups excluding carboxylic acids is 3. The Bertz CT molecular complexity index is 692. The Balaban J connectivity index is 1.95. The first-order valence-corrected chi connectivity index (χ1v) is 10.8. The first kappa shape index (κ1) is 23.9. The molecule has 3 atom stereocenters. The third kappa shape index (κ3) is 7.78. The highest BCUT2D eigenvalue weighted by Crippen LogP contribution is 2.22. The van der Waals surface area contributed by atoms with Gasteiger partial charge in [-0.15, -0.1) is 0 Å². The number of benzene rings is 1. The molecule has 0 radical (unpaired) electrons. The monoisotopic (exact) mass is 418 g/mol. The maximum absolute atomic E-state index is 13.0. The van der Waals surface area contributed by atoms with Crippen LogP contribution in [-0.2, 0) is 20.9 Å². The zero-order chi connectivity index (χ0) is 21.9. The normalized spacial score (nSPS) is 21.4. The molecule has 7 nitrogen and oxygen atoms in total. The first-order chi connectivity index (χ1) is 14.4. The van der Waals surface area contributed by atoms with Gasteiger partial charge in [-0.1, -0.05) is 63.4 Å². The minimum absolute atomic E-state index is 0.0381. The van der Waals surface area contributed by atoms with Gasteiger partial charge in [0.15, 0.2) is 5.78 Å². The maximum Gasteiger partial charge on any atom is 0.408 e. The van der Waals surface area contributed by atoms with Crippen molar-refractivity contribution < 1.29 is 24.2 Å². The molecule has 0 spiro atoms. The number of amides is 2. The summed E-state index contributed by atoms with van der Waals surface area (Å²) < 4.78 is 5.24. The fraction of sp³-hybridized carbons (Fsp3) is 0.609. The summed E-state index contributed by atoms with van der Waals surface area (Å²) in [6.07, 6.45) is 2.54. The van der Waals surface area contributed by atoms with Crippen LogP contribution in [-0.4, -0.2) is 41.6 Å². The zero-order valence-electron chi connectivity index (χ0n) is 17.9. The average molecular weight is 419 g/mol. The Morgan fingerprint density at radius 2 is 1.87 bits per heavy atom. The molecule has 1 fully saturated rings. The van der Waals surface area contributed by atoms with E-state index in [1.54, 1.807) is 0 Å². The number of aliphatic hydroxyl groups excluding tert-OH is 1. The summed E-state index contributed by atoms with van der Waals surface area (Å²) in [7, 11) is 0. The van der Waals surface area contributed by atoms with Crippen LogP contribution in [0.1, 0.15) is 57.9 Å². The Morgan fingerprint density at radius 3 is 2.57 bits per heavy atom. The van der Waals surface area contributed by atoms with Crippen LogP contribution in [0.3, 0.4) is 0 Å². The molecule has 0 aromatic heterocycles. The predicted octanol–water partition coefficient (Wildman–Crippen LogP) is 2.95. The van der Waals surface area contributed by atoms with Gasteiger partial charge in [-0.05, 0) is 24.3 Å². The van der Waals surface area contributed by atoms with Crippen molar-refractivity contribution in [2.75, 3.05) is 6.54 Å². The quantitative estimate of drug-likeness (QED) is 0.631. The van der Waals surface area contributed by atoms with Crippen LogP contribution in [0.4, 0.5) is 4.79 Å². The highest BCUT2D eigenvalue weighted by Gasteiger charge is 2.32. The van der Waals surface area contributed by atoms with Crippen molar-refractivity contribution >= 4 is 17.8 Å². The van der Waals surface area contributed by atoms with Gasteiger partial charge in [0, 0.05) is 18.9 Å². The Morgan fingerprint density at radius 1 is 1.17 bits per heavy atom. The van der Waals surface area contributed by atoms with Crippen LogP contribution in [0.2, 0.25) is 0 Å². The maximum atomic E-state index is 13.0. The molecule has 1 heterocycles. The van der Waals surface area contributed by atoms with Crippen molar-refractivity contribution in [3.63, 3.8) is 0 Å². The minimum atomic E-state index is -1.22. The third-order valence-corrected chi connectivity index (χ3v) is 5.48. The van der Waals surface area contributed by atoms with Gasteiger partial charge >= 0.3 is 6.09 Å². The summed E-state index contributed by atoms with van der Waals surface area (Å²) in [5.41, 5.74) is 0.857. The molecular formula is C23H34N2O5. The van der Waals surface area contributed by atoms with E-state index in [1.165, 1.54) is 0 Å². The molecule has 3 N–H and O–H groups in total. The SMILES string of the molecule is CC(C)[C@H](NC(=O)OCc1ccccc1)C(=O)C[C@H]1CCCCCCNC(=O)C1O. The van der Waals surface area contributed by atoms with Gasteiger partial charge < -0.3 is 20.5 Å². The lowest BCUT2D eigenvalue weighted by molar-refractivity contribution is -0.134. The second kappa shape index (κ2) is 12.3. The number of alkyl carbamates (subject to hydrolysis) is 1. The summed E-state index contributed by atoms with van der Waals surface area (Å²) in [4.78, 5) is 37.3. The largest absolute Gasteiger partial charge is 0.445 e. The molecule has 1 aliphatic heterocycles. The Kier molecular flexibility index (Phi) is 9.80. The van der Waals surface area contributed by atoms with E-state index in [0.29, 0.717) is 13.0 Å². The van der Waals surface area contributed by atoms with Crippen LogP contribution < -0.4 is 10.6 Å². The third-order valence-electron chi connectivity index (χ3n) is 5.48. The van der Waals surface area contributed by atoms with E-state index < -0.39 is 30.1 Å². The molecule has 1 aromatic carbocycles.